The third kappa shape index (κ3) is 2.47. The van der Waals surface area contributed by atoms with Crippen molar-refractivity contribution in [2.75, 3.05) is 0 Å². The largest absolute Gasteiger partial charge is 0.541 e. The summed E-state index contributed by atoms with van der Waals surface area (Å²) in [7, 11) is -2.62. The van der Waals surface area contributed by atoms with Gasteiger partial charge in [0.15, 0.2) is 0 Å². The lowest BCUT2D eigenvalue weighted by atomic mass is 10.4. The first kappa shape index (κ1) is 8.93. The molecular formula is C8H8FO2Si. The maximum atomic E-state index is 13.0. The molecule has 2 nitrogen and oxygen atoms in total. The van der Waals surface area contributed by atoms with Gasteiger partial charge in [0.1, 0.15) is 0 Å². The zero-order chi connectivity index (χ0) is 8.97. The van der Waals surface area contributed by atoms with E-state index in [1.807, 2.05) is 0 Å². The molecule has 0 spiro atoms. The summed E-state index contributed by atoms with van der Waals surface area (Å²) >= 11 is 0. The number of carbonyl (C=O) groups excluding carboxylic acids is 1. The molecule has 0 saturated heterocycles. The number of benzene rings is 1. The molecule has 0 aliphatic carbocycles. The lowest BCUT2D eigenvalue weighted by Crippen LogP contribution is -2.30. The molecule has 0 fully saturated rings. The summed E-state index contributed by atoms with van der Waals surface area (Å²) in [6.07, 6.45) is 0. The number of halogens is 1. The van der Waals surface area contributed by atoms with Gasteiger partial charge in [-0.25, -0.2) is 0 Å². The highest BCUT2D eigenvalue weighted by atomic mass is 28.3. The monoisotopic (exact) mass is 183 g/mol. The Balaban J connectivity index is 2.65. The van der Waals surface area contributed by atoms with Gasteiger partial charge in [0, 0.05) is 12.1 Å². The number of hydrogen-bond acceptors (Lipinski definition) is 2. The SMILES string of the molecule is CC(=O)O[Si](F)c1ccccc1. The molecule has 0 unspecified atom stereocenters. The second-order valence-corrected chi connectivity index (χ2v) is 3.56. The van der Waals surface area contributed by atoms with Gasteiger partial charge >= 0.3 is 9.37 Å². The van der Waals surface area contributed by atoms with Crippen LogP contribution in [-0.4, -0.2) is 15.3 Å². The van der Waals surface area contributed by atoms with E-state index >= 15 is 0 Å². The van der Waals surface area contributed by atoms with Gasteiger partial charge in [-0.3, -0.25) is 8.90 Å². The van der Waals surface area contributed by atoms with Crippen LogP contribution in [0.4, 0.5) is 4.11 Å². The van der Waals surface area contributed by atoms with Crippen molar-refractivity contribution < 1.29 is 13.3 Å². The van der Waals surface area contributed by atoms with Gasteiger partial charge < -0.3 is 4.43 Å². The van der Waals surface area contributed by atoms with Gasteiger partial charge in [-0.2, -0.15) is 0 Å². The molecular weight excluding hydrogens is 175 g/mol. The first-order valence-electron chi connectivity index (χ1n) is 3.46. The molecule has 4 heteroatoms. The van der Waals surface area contributed by atoms with E-state index in [0.717, 1.165) is 0 Å². The van der Waals surface area contributed by atoms with Crippen molar-refractivity contribution in [2.24, 2.45) is 0 Å². The van der Waals surface area contributed by atoms with Crippen LogP contribution in [0.2, 0.25) is 0 Å². The van der Waals surface area contributed by atoms with Gasteiger partial charge in [-0.15, -0.1) is 0 Å². The predicted octanol–water partition coefficient (Wildman–Crippen LogP) is 0.914. The molecule has 0 bridgehead atoms. The molecule has 0 N–H and O–H groups in total. The van der Waals surface area contributed by atoms with E-state index in [4.69, 9.17) is 0 Å². The third-order valence-corrected chi connectivity index (χ3v) is 2.49. The average molecular weight is 183 g/mol. The smallest absolute Gasteiger partial charge is 0.486 e. The first-order valence-corrected chi connectivity index (χ1v) is 4.75. The minimum absolute atomic E-state index is 0.456. The standard InChI is InChI=1S/C8H8FO2Si/c1-7(10)11-12(9)8-5-3-2-4-6-8/h2-6H,1H3. The quantitative estimate of drug-likeness (QED) is 0.503. The fourth-order valence-electron chi connectivity index (χ4n) is 0.754. The Bertz CT molecular complexity index is 263. The summed E-state index contributed by atoms with van der Waals surface area (Å²) in [6.45, 7) is 1.20. The van der Waals surface area contributed by atoms with Gasteiger partial charge in [0.25, 0.3) is 5.97 Å². The second-order valence-electron chi connectivity index (χ2n) is 2.23. The van der Waals surface area contributed by atoms with Crippen LogP contribution in [0.5, 0.6) is 0 Å². The van der Waals surface area contributed by atoms with Crippen molar-refractivity contribution in [1.29, 1.82) is 0 Å². The Kier molecular flexibility index (Phi) is 2.99. The Morgan fingerprint density at radius 1 is 1.42 bits per heavy atom. The van der Waals surface area contributed by atoms with E-state index in [1.165, 1.54) is 6.92 Å². The van der Waals surface area contributed by atoms with Crippen LogP contribution in [0.15, 0.2) is 30.3 Å². The van der Waals surface area contributed by atoms with E-state index in [1.54, 1.807) is 30.3 Å². The highest BCUT2D eigenvalue weighted by Crippen LogP contribution is 1.92. The summed E-state index contributed by atoms with van der Waals surface area (Å²) < 4.78 is 17.5. The highest BCUT2D eigenvalue weighted by molar-refractivity contribution is 6.62. The van der Waals surface area contributed by atoms with Crippen LogP contribution in [-0.2, 0) is 9.22 Å². The van der Waals surface area contributed by atoms with Gasteiger partial charge in [-0.1, -0.05) is 30.3 Å². The van der Waals surface area contributed by atoms with Crippen molar-refractivity contribution in [3.8, 4) is 0 Å². The Labute approximate surface area is 71.9 Å². The lowest BCUT2D eigenvalue weighted by Gasteiger charge is -2.03. The maximum absolute atomic E-state index is 13.0. The molecule has 1 aromatic carbocycles. The van der Waals surface area contributed by atoms with Gasteiger partial charge in [-0.05, 0) is 0 Å². The van der Waals surface area contributed by atoms with E-state index in [2.05, 4.69) is 4.43 Å². The summed E-state index contributed by atoms with van der Waals surface area (Å²) in [6, 6.07) is 8.42. The average Bonchev–Trinajstić information content (AvgIpc) is 2.05. The van der Waals surface area contributed by atoms with E-state index in [-0.39, 0.29) is 0 Å². The highest BCUT2D eigenvalue weighted by Gasteiger charge is 2.19. The minimum atomic E-state index is -2.62. The molecule has 1 aromatic rings. The molecule has 1 rings (SSSR count). The third-order valence-electron chi connectivity index (χ3n) is 1.23. The zero-order valence-corrected chi connectivity index (χ0v) is 7.58. The number of carbonyl (C=O) groups is 1. The van der Waals surface area contributed by atoms with Crippen LogP contribution < -0.4 is 5.19 Å². The molecule has 0 aromatic heterocycles. The molecule has 0 amide bonds. The summed E-state index contributed by atoms with van der Waals surface area (Å²) in [5.74, 6) is -0.574. The topological polar surface area (TPSA) is 26.3 Å². The fraction of sp³-hybridized carbons (Fsp3) is 0.125. The first-order chi connectivity index (χ1) is 5.70. The molecule has 0 aliphatic heterocycles. The van der Waals surface area contributed by atoms with Gasteiger partial charge in [0.05, 0.1) is 0 Å². The summed E-state index contributed by atoms with van der Waals surface area (Å²) in [5.41, 5.74) is 0. The molecule has 12 heavy (non-hydrogen) atoms. The second kappa shape index (κ2) is 4.01. The maximum Gasteiger partial charge on any atom is 0.541 e. The van der Waals surface area contributed by atoms with E-state index < -0.39 is 15.3 Å². The normalized spacial score (nSPS) is 9.92. The molecule has 1 radical (unpaired) electrons. The lowest BCUT2D eigenvalue weighted by molar-refractivity contribution is -0.132. The van der Waals surface area contributed by atoms with Crippen LogP contribution in [0.25, 0.3) is 0 Å². The predicted molar refractivity (Wildman–Crippen MR) is 44.7 cm³/mol. The van der Waals surface area contributed by atoms with Crippen molar-refractivity contribution in [1.82, 2.24) is 0 Å². The zero-order valence-electron chi connectivity index (χ0n) is 6.58. The summed E-state index contributed by atoms with van der Waals surface area (Å²) in [5, 5.41) is 0.456. The number of hydrogen-bond donors (Lipinski definition) is 0. The van der Waals surface area contributed by atoms with Crippen molar-refractivity contribution in [3.63, 3.8) is 0 Å². The fourth-order valence-corrected chi connectivity index (χ4v) is 1.58. The Morgan fingerprint density at radius 2 is 2.00 bits per heavy atom. The Morgan fingerprint density at radius 3 is 2.50 bits per heavy atom. The Hall–Kier alpha value is -1.16. The molecule has 0 saturated carbocycles. The van der Waals surface area contributed by atoms with Crippen molar-refractivity contribution in [2.45, 2.75) is 6.92 Å². The van der Waals surface area contributed by atoms with Crippen LogP contribution in [0, 0.1) is 0 Å². The van der Waals surface area contributed by atoms with E-state index in [9.17, 15) is 8.90 Å². The van der Waals surface area contributed by atoms with Gasteiger partial charge in [0.2, 0.25) is 0 Å². The van der Waals surface area contributed by atoms with Crippen LogP contribution in [0.1, 0.15) is 6.92 Å². The molecule has 0 atom stereocenters. The van der Waals surface area contributed by atoms with Crippen LogP contribution >= 0.6 is 0 Å². The molecule has 63 valence electrons. The van der Waals surface area contributed by atoms with Crippen LogP contribution in [0.3, 0.4) is 0 Å². The molecule has 0 heterocycles. The number of rotatable bonds is 2. The van der Waals surface area contributed by atoms with Crippen molar-refractivity contribution in [3.05, 3.63) is 30.3 Å². The van der Waals surface area contributed by atoms with E-state index in [0.29, 0.717) is 5.19 Å². The summed E-state index contributed by atoms with van der Waals surface area (Å²) in [4.78, 5) is 10.4. The van der Waals surface area contributed by atoms with Crippen molar-refractivity contribution >= 4 is 20.5 Å². The molecule has 0 aliphatic rings. The minimum Gasteiger partial charge on any atom is -0.486 e.